The number of morpholine rings is 2. The van der Waals surface area contributed by atoms with Crippen LogP contribution >= 0.6 is 0 Å². The largest absolute Gasteiger partial charge is 0.378 e. The van der Waals surface area contributed by atoms with E-state index in [1.54, 1.807) is 0 Å². The van der Waals surface area contributed by atoms with Crippen LogP contribution in [0.3, 0.4) is 0 Å². The molecule has 0 saturated carbocycles. The molecule has 2 aliphatic rings. The van der Waals surface area contributed by atoms with Gasteiger partial charge in [0.15, 0.2) is 0 Å². The van der Waals surface area contributed by atoms with Crippen molar-refractivity contribution in [3.8, 4) is 0 Å². The monoisotopic (exact) mass is 537 g/mol. The molecule has 0 aromatic heterocycles. The molecule has 0 amide bonds. The molecule has 208 valence electrons. The van der Waals surface area contributed by atoms with E-state index in [1.807, 2.05) is 7.11 Å². The maximum absolute atomic E-state index is 6.74. The van der Waals surface area contributed by atoms with E-state index in [2.05, 4.69) is 114 Å². The van der Waals surface area contributed by atoms with Gasteiger partial charge in [0.05, 0.1) is 26.4 Å². The third-order valence-electron chi connectivity index (χ3n) is 8.35. The SMILES string of the molecule is COC(c1ccc(N2CCOCC2)cc1)(c1cccc(N2CCOCC2)c1)c1ccc(N(C)C)c2ccccc12. The Balaban J connectivity index is 1.55. The van der Waals surface area contributed by atoms with Gasteiger partial charge in [-0.2, -0.15) is 0 Å². The van der Waals surface area contributed by atoms with Gasteiger partial charge in [-0.25, -0.2) is 0 Å². The lowest BCUT2D eigenvalue weighted by molar-refractivity contribution is 0.0597. The van der Waals surface area contributed by atoms with Crippen molar-refractivity contribution in [3.05, 3.63) is 102 Å². The lowest BCUT2D eigenvalue weighted by Gasteiger charge is -2.37. The van der Waals surface area contributed by atoms with Crippen molar-refractivity contribution in [3.63, 3.8) is 0 Å². The molecule has 40 heavy (non-hydrogen) atoms. The molecule has 0 N–H and O–H groups in total. The van der Waals surface area contributed by atoms with Crippen LogP contribution in [0.2, 0.25) is 0 Å². The van der Waals surface area contributed by atoms with Crippen molar-refractivity contribution in [2.24, 2.45) is 0 Å². The van der Waals surface area contributed by atoms with Gasteiger partial charge in [0.25, 0.3) is 0 Å². The van der Waals surface area contributed by atoms with E-state index in [0.29, 0.717) is 0 Å². The Hall–Kier alpha value is -3.58. The molecular formula is C34H39N3O3. The number of hydrogen-bond donors (Lipinski definition) is 0. The van der Waals surface area contributed by atoms with E-state index in [1.165, 1.54) is 27.8 Å². The second kappa shape index (κ2) is 11.5. The molecule has 6 nitrogen and oxygen atoms in total. The highest BCUT2D eigenvalue weighted by Crippen LogP contribution is 2.45. The predicted molar refractivity (Wildman–Crippen MR) is 164 cm³/mol. The van der Waals surface area contributed by atoms with Crippen molar-refractivity contribution < 1.29 is 14.2 Å². The summed E-state index contributed by atoms with van der Waals surface area (Å²) in [5, 5.41) is 2.39. The highest BCUT2D eigenvalue weighted by Gasteiger charge is 2.39. The summed E-state index contributed by atoms with van der Waals surface area (Å²) in [6.07, 6.45) is 0. The normalized spacial score (nSPS) is 17.6. The fourth-order valence-electron chi connectivity index (χ4n) is 6.28. The highest BCUT2D eigenvalue weighted by atomic mass is 16.5. The minimum absolute atomic E-state index is 0.749. The van der Waals surface area contributed by atoms with Gasteiger partial charge < -0.3 is 28.9 Å². The van der Waals surface area contributed by atoms with Crippen LogP contribution in [0, 0.1) is 0 Å². The Labute approximate surface area is 237 Å². The summed E-state index contributed by atoms with van der Waals surface area (Å²) >= 11 is 0. The Morgan fingerprint density at radius 2 is 1.27 bits per heavy atom. The van der Waals surface area contributed by atoms with Gasteiger partial charge in [0.1, 0.15) is 5.60 Å². The van der Waals surface area contributed by atoms with Gasteiger partial charge in [-0.3, -0.25) is 0 Å². The average Bonchev–Trinajstić information content (AvgIpc) is 3.03. The number of nitrogens with zero attached hydrogens (tertiary/aromatic N) is 3. The predicted octanol–water partition coefficient (Wildman–Crippen LogP) is 5.52. The van der Waals surface area contributed by atoms with Crippen LogP contribution in [0.4, 0.5) is 17.1 Å². The third-order valence-corrected chi connectivity index (χ3v) is 8.35. The molecule has 6 heteroatoms. The quantitative estimate of drug-likeness (QED) is 0.289. The maximum atomic E-state index is 6.74. The van der Waals surface area contributed by atoms with E-state index in [0.717, 1.165) is 69.3 Å². The zero-order valence-corrected chi connectivity index (χ0v) is 23.8. The maximum Gasteiger partial charge on any atom is 0.144 e. The summed E-state index contributed by atoms with van der Waals surface area (Å²) in [5.74, 6) is 0. The molecule has 1 atom stereocenters. The van der Waals surface area contributed by atoms with Gasteiger partial charge in [0, 0.05) is 75.4 Å². The van der Waals surface area contributed by atoms with E-state index >= 15 is 0 Å². The second-order valence-electron chi connectivity index (χ2n) is 10.8. The Bertz CT molecular complexity index is 1440. The van der Waals surface area contributed by atoms with E-state index in [4.69, 9.17) is 14.2 Å². The molecule has 0 aliphatic carbocycles. The molecule has 4 aromatic carbocycles. The topological polar surface area (TPSA) is 37.4 Å². The summed E-state index contributed by atoms with van der Waals surface area (Å²) in [5.41, 5.74) is 6.14. The highest BCUT2D eigenvalue weighted by molar-refractivity contribution is 5.97. The standard InChI is InChI=1S/C34H39N3O3/c1-35(2)33-16-15-32(30-9-4-5-10-31(30)33)34(38-3,26-11-13-28(14-12-26)36-17-21-39-22-18-36)27-7-6-8-29(25-27)37-19-23-40-24-20-37/h4-16,25H,17-24H2,1-3H3. The van der Waals surface area contributed by atoms with E-state index < -0.39 is 5.60 Å². The molecular weight excluding hydrogens is 498 g/mol. The molecule has 6 rings (SSSR count). The number of ether oxygens (including phenoxy) is 3. The summed E-state index contributed by atoms with van der Waals surface area (Å²) in [7, 11) is 6.04. The molecule has 0 bridgehead atoms. The van der Waals surface area contributed by atoms with Crippen molar-refractivity contribution in [1.29, 1.82) is 0 Å². The van der Waals surface area contributed by atoms with Crippen LogP contribution in [0.5, 0.6) is 0 Å². The summed E-state index contributed by atoms with van der Waals surface area (Å²) in [4.78, 5) is 6.97. The van der Waals surface area contributed by atoms with Gasteiger partial charge in [0.2, 0.25) is 0 Å². The molecule has 0 radical (unpaired) electrons. The first-order valence-electron chi connectivity index (χ1n) is 14.2. The van der Waals surface area contributed by atoms with Crippen molar-refractivity contribution in [1.82, 2.24) is 0 Å². The smallest absolute Gasteiger partial charge is 0.144 e. The van der Waals surface area contributed by atoms with Crippen LogP contribution in [-0.2, 0) is 19.8 Å². The molecule has 0 spiro atoms. The van der Waals surface area contributed by atoms with Crippen molar-refractivity contribution in [2.75, 3.05) is 88.5 Å². The number of fused-ring (bicyclic) bond motifs is 1. The van der Waals surface area contributed by atoms with Crippen LogP contribution in [-0.4, -0.2) is 73.8 Å². The van der Waals surface area contributed by atoms with Crippen LogP contribution in [0.1, 0.15) is 16.7 Å². The number of rotatable bonds is 7. The number of methoxy groups -OCH3 is 1. The lowest BCUT2D eigenvalue weighted by Crippen LogP contribution is -2.37. The fourth-order valence-corrected chi connectivity index (χ4v) is 6.28. The van der Waals surface area contributed by atoms with Gasteiger partial charge in [-0.05, 0) is 46.8 Å². The summed E-state index contributed by atoms with van der Waals surface area (Å²) in [6.45, 7) is 6.62. The van der Waals surface area contributed by atoms with Gasteiger partial charge >= 0.3 is 0 Å². The van der Waals surface area contributed by atoms with Crippen LogP contribution < -0.4 is 14.7 Å². The van der Waals surface area contributed by atoms with E-state index in [-0.39, 0.29) is 0 Å². The Morgan fingerprint density at radius 1 is 0.650 bits per heavy atom. The minimum atomic E-state index is -0.809. The summed E-state index contributed by atoms with van der Waals surface area (Å²) in [6, 6.07) is 31.0. The number of benzene rings is 4. The van der Waals surface area contributed by atoms with Crippen LogP contribution in [0.15, 0.2) is 84.9 Å². The zero-order chi connectivity index (χ0) is 27.5. The number of hydrogen-bond acceptors (Lipinski definition) is 6. The molecule has 4 aromatic rings. The first-order valence-corrected chi connectivity index (χ1v) is 14.2. The third kappa shape index (κ3) is 4.81. The van der Waals surface area contributed by atoms with E-state index in [9.17, 15) is 0 Å². The lowest BCUT2D eigenvalue weighted by atomic mass is 9.77. The van der Waals surface area contributed by atoms with Crippen molar-refractivity contribution in [2.45, 2.75) is 5.60 Å². The molecule has 1 unspecified atom stereocenters. The second-order valence-corrected chi connectivity index (χ2v) is 10.8. The molecule has 2 aliphatic heterocycles. The Morgan fingerprint density at radius 3 is 1.90 bits per heavy atom. The fraction of sp³-hybridized carbons (Fsp3) is 0.353. The average molecular weight is 538 g/mol. The zero-order valence-electron chi connectivity index (χ0n) is 23.8. The first kappa shape index (κ1) is 26.6. The van der Waals surface area contributed by atoms with Gasteiger partial charge in [-0.15, -0.1) is 0 Å². The first-order chi connectivity index (χ1) is 19.6. The molecule has 2 heterocycles. The van der Waals surface area contributed by atoms with Crippen molar-refractivity contribution >= 4 is 27.8 Å². The summed E-state index contributed by atoms with van der Waals surface area (Å²) < 4.78 is 18.0. The molecule has 2 saturated heterocycles. The minimum Gasteiger partial charge on any atom is -0.378 e. The van der Waals surface area contributed by atoms with Crippen LogP contribution in [0.25, 0.3) is 10.8 Å². The Kier molecular flexibility index (Phi) is 7.65. The molecule has 2 fully saturated rings. The van der Waals surface area contributed by atoms with Gasteiger partial charge in [-0.1, -0.05) is 54.6 Å². The number of anilines is 3.